The lowest BCUT2D eigenvalue weighted by molar-refractivity contribution is -0.141. The molecule has 1 aromatic rings. The molecule has 1 aliphatic heterocycles. The molecule has 1 atom stereocenters. The van der Waals surface area contributed by atoms with Gasteiger partial charge in [-0.05, 0) is 38.6 Å². The van der Waals surface area contributed by atoms with Gasteiger partial charge in [-0.1, -0.05) is 0 Å². The van der Waals surface area contributed by atoms with E-state index in [1.165, 1.54) is 17.0 Å². The maximum atomic E-state index is 12.2. The molecule has 0 unspecified atom stereocenters. The largest absolute Gasteiger partial charge is 0.405 e. The Morgan fingerprint density at radius 2 is 2.17 bits per heavy atom. The minimum Gasteiger partial charge on any atom is -0.347 e. The van der Waals surface area contributed by atoms with E-state index in [1.54, 1.807) is 11.3 Å². The lowest BCUT2D eigenvalue weighted by atomic mass is 9.97. The predicted molar refractivity (Wildman–Crippen MR) is 81.2 cm³/mol. The fourth-order valence-electron chi connectivity index (χ4n) is 3.25. The number of nitrogens with one attached hydrogen (secondary N) is 1. The van der Waals surface area contributed by atoms with Crippen LogP contribution in [-0.2, 0) is 24.2 Å². The molecule has 128 valence electrons. The number of rotatable bonds is 4. The van der Waals surface area contributed by atoms with Crippen molar-refractivity contribution in [2.75, 3.05) is 19.6 Å². The Kier molecular flexibility index (Phi) is 4.91. The highest BCUT2D eigenvalue weighted by molar-refractivity contribution is 7.11. The number of aryl methyl sites for hydroxylation is 2. The molecule has 1 aliphatic carbocycles. The van der Waals surface area contributed by atoms with Crippen LogP contribution in [0.15, 0.2) is 0 Å². The summed E-state index contributed by atoms with van der Waals surface area (Å²) < 4.78 is 36.6. The SMILES string of the molecule is O=C(NCC(F)(F)F)[C@@H]1CCCN(Cc2nc3c(s2)CCC3)C1. The molecule has 1 fully saturated rings. The van der Waals surface area contributed by atoms with Crippen molar-refractivity contribution in [1.29, 1.82) is 0 Å². The van der Waals surface area contributed by atoms with Gasteiger partial charge in [0.2, 0.25) is 5.91 Å². The van der Waals surface area contributed by atoms with Gasteiger partial charge in [0, 0.05) is 11.4 Å². The van der Waals surface area contributed by atoms with Gasteiger partial charge in [-0.25, -0.2) is 4.98 Å². The standard InChI is InChI=1S/C15H20F3N3OS/c16-15(17,18)9-19-14(22)10-3-2-6-21(7-10)8-13-20-11-4-1-5-12(11)23-13/h10H,1-9H2,(H,19,22)/t10-/m1/s1. The van der Waals surface area contributed by atoms with Crippen LogP contribution in [0.25, 0.3) is 0 Å². The van der Waals surface area contributed by atoms with E-state index in [9.17, 15) is 18.0 Å². The number of carbonyl (C=O) groups excluding carboxylic acids is 1. The predicted octanol–water partition coefficient (Wildman–Crippen LogP) is 2.52. The Morgan fingerprint density at radius 3 is 2.91 bits per heavy atom. The van der Waals surface area contributed by atoms with Gasteiger partial charge in [0.05, 0.1) is 18.2 Å². The van der Waals surface area contributed by atoms with Crippen LogP contribution >= 0.6 is 11.3 Å². The van der Waals surface area contributed by atoms with Crippen molar-refractivity contribution in [3.05, 3.63) is 15.6 Å². The van der Waals surface area contributed by atoms with Crippen LogP contribution in [0, 0.1) is 5.92 Å². The molecule has 1 saturated heterocycles. The third kappa shape index (κ3) is 4.44. The average molecular weight is 347 g/mol. The molecule has 3 rings (SSSR count). The van der Waals surface area contributed by atoms with E-state index < -0.39 is 18.6 Å². The topological polar surface area (TPSA) is 45.2 Å². The number of thiazole rings is 1. The van der Waals surface area contributed by atoms with Crippen molar-refractivity contribution in [1.82, 2.24) is 15.2 Å². The lowest BCUT2D eigenvalue weighted by Gasteiger charge is -2.31. The van der Waals surface area contributed by atoms with Crippen LogP contribution in [0.4, 0.5) is 13.2 Å². The highest BCUT2D eigenvalue weighted by Gasteiger charge is 2.31. The number of nitrogens with zero attached hydrogens (tertiary/aromatic N) is 2. The zero-order valence-corrected chi connectivity index (χ0v) is 13.6. The first-order chi connectivity index (χ1) is 10.9. The Morgan fingerprint density at radius 1 is 1.35 bits per heavy atom. The number of carbonyl (C=O) groups is 1. The first-order valence-corrected chi connectivity index (χ1v) is 8.76. The van der Waals surface area contributed by atoms with Crippen molar-refractivity contribution in [2.45, 2.75) is 44.8 Å². The van der Waals surface area contributed by atoms with Crippen molar-refractivity contribution in [2.24, 2.45) is 5.92 Å². The average Bonchev–Trinajstić information content (AvgIpc) is 3.05. The number of hydrogen-bond donors (Lipinski definition) is 1. The van der Waals surface area contributed by atoms with Gasteiger partial charge in [0.15, 0.2) is 0 Å². The fraction of sp³-hybridized carbons (Fsp3) is 0.733. The Balaban J connectivity index is 1.52. The van der Waals surface area contributed by atoms with Crippen LogP contribution < -0.4 is 5.32 Å². The van der Waals surface area contributed by atoms with Crippen LogP contribution in [0.1, 0.15) is 34.8 Å². The van der Waals surface area contributed by atoms with Gasteiger partial charge in [-0.15, -0.1) is 11.3 Å². The molecule has 0 spiro atoms. The summed E-state index contributed by atoms with van der Waals surface area (Å²) in [6.45, 7) is 0.823. The van der Waals surface area contributed by atoms with E-state index in [1.807, 2.05) is 5.32 Å². The number of halogens is 3. The number of amides is 1. The second kappa shape index (κ2) is 6.76. The van der Waals surface area contributed by atoms with Gasteiger partial charge in [0.25, 0.3) is 0 Å². The second-order valence-electron chi connectivity index (χ2n) is 6.24. The fourth-order valence-corrected chi connectivity index (χ4v) is 4.45. The minimum absolute atomic E-state index is 0.363. The normalized spacial score (nSPS) is 22.1. The first-order valence-electron chi connectivity index (χ1n) is 7.95. The second-order valence-corrected chi connectivity index (χ2v) is 7.41. The molecule has 0 aromatic carbocycles. The molecule has 0 bridgehead atoms. The molecule has 0 saturated carbocycles. The molecule has 4 nitrogen and oxygen atoms in total. The van der Waals surface area contributed by atoms with Crippen LogP contribution in [0.5, 0.6) is 0 Å². The van der Waals surface area contributed by atoms with Gasteiger partial charge < -0.3 is 5.32 Å². The first kappa shape index (κ1) is 16.7. The lowest BCUT2D eigenvalue weighted by Crippen LogP contribution is -2.44. The molecule has 2 aliphatic rings. The number of fused-ring (bicyclic) bond motifs is 1. The zero-order valence-electron chi connectivity index (χ0n) is 12.8. The molecule has 1 amide bonds. The summed E-state index contributed by atoms with van der Waals surface area (Å²) in [6.07, 6.45) is 0.457. The van der Waals surface area contributed by atoms with Crippen molar-refractivity contribution in [3.63, 3.8) is 0 Å². The number of aromatic nitrogens is 1. The van der Waals surface area contributed by atoms with Gasteiger partial charge >= 0.3 is 6.18 Å². The molecule has 8 heteroatoms. The van der Waals surface area contributed by atoms with E-state index in [2.05, 4.69) is 9.88 Å². The molecule has 0 radical (unpaired) electrons. The number of likely N-dealkylation sites (tertiary alicyclic amines) is 1. The summed E-state index contributed by atoms with van der Waals surface area (Å²) in [7, 11) is 0. The van der Waals surface area contributed by atoms with E-state index in [0.717, 1.165) is 30.8 Å². The van der Waals surface area contributed by atoms with Crippen molar-refractivity contribution in [3.8, 4) is 0 Å². The summed E-state index contributed by atoms with van der Waals surface area (Å²) in [5.74, 6) is -0.855. The van der Waals surface area contributed by atoms with Gasteiger partial charge in [0.1, 0.15) is 11.6 Å². The monoisotopic (exact) mass is 347 g/mol. The van der Waals surface area contributed by atoms with Crippen molar-refractivity contribution >= 4 is 17.2 Å². The Labute approximate surface area is 137 Å². The summed E-state index contributed by atoms with van der Waals surface area (Å²) in [6, 6.07) is 0. The summed E-state index contributed by atoms with van der Waals surface area (Å²) in [5.41, 5.74) is 1.21. The van der Waals surface area contributed by atoms with Crippen molar-refractivity contribution < 1.29 is 18.0 Å². The van der Waals surface area contributed by atoms with E-state index >= 15 is 0 Å². The van der Waals surface area contributed by atoms with Crippen LogP contribution in [0.3, 0.4) is 0 Å². The summed E-state index contributed by atoms with van der Waals surface area (Å²) in [5, 5.41) is 3.07. The Hall–Kier alpha value is -1.15. The number of alkyl halides is 3. The van der Waals surface area contributed by atoms with E-state index in [4.69, 9.17) is 0 Å². The maximum Gasteiger partial charge on any atom is 0.405 e. The van der Waals surface area contributed by atoms with Gasteiger partial charge in [-0.3, -0.25) is 9.69 Å². The number of piperidine rings is 1. The van der Waals surface area contributed by atoms with Crippen LogP contribution in [0.2, 0.25) is 0 Å². The molecule has 1 aromatic heterocycles. The number of hydrogen-bond acceptors (Lipinski definition) is 4. The molecular weight excluding hydrogens is 327 g/mol. The molecule has 1 N–H and O–H groups in total. The third-order valence-electron chi connectivity index (χ3n) is 4.34. The minimum atomic E-state index is -4.36. The molecular formula is C15H20F3N3OS. The molecule has 23 heavy (non-hydrogen) atoms. The molecule has 2 heterocycles. The highest BCUT2D eigenvalue weighted by Crippen LogP contribution is 2.29. The highest BCUT2D eigenvalue weighted by atomic mass is 32.1. The van der Waals surface area contributed by atoms with Crippen LogP contribution in [-0.4, -0.2) is 41.6 Å². The third-order valence-corrected chi connectivity index (χ3v) is 5.48. The Bertz CT molecular complexity index is 551. The zero-order chi connectivity index (χ0) is 16.4. The maximum absolute atomic E-state index is 12.2. The summed E-state index contributed by atoms with van der Waals surface area (Å²) in [4.78, 5) is 20.1. The smallest absolute Gasteiger partial charge is 0.347 e. The van der Waals surface area contributed by atoms with E-state index in [-0.39, 0.29) is 5.92 Å². The quantitative estimate of drug-likeness (QED) is 0.910. The van der Waals surface area contributed by atoms with Gasteiger partial charge in [-0.2, -0.15) is 13.2 Å². The van der Waals surface area contributed by atoms with E-state index in [0.29, 0.717) is 19.5 Å². The summed E-state index contributed by atoms with van der Waals surface area (Å²) >= 11 is 1.74.